The molecule has 0 bridgehead atoms. The molecule has 8 nitrogen and oxygen atoms in total. The summed E-state index contributed by atoms with van der Waals surface area (Å²) in [6.45, 7) is 0. The van der Waals surface area contributed by atoms with Crippen LogP contribution in [0.2, 0.25) is 0 Å². The fourth-order valence-electron chi connectivity index (χ4n) is 1.43. The summed E-state index contributed by atoms with van der Waals surface area (Å²) < 4.78 is 0. The lowest BCUT2D eigenvalue weighted by molar-refractivity contribution is -0.383. The quantitative estimate of drug-likeness (QED) is 0.651. The van der Waals surface area contributed by atoms with E-state index in [1.54, 1.807) is 7.05 Å². The van der Waals surface area contributed by atoms with Crippen LogP contribution < -0.4 is 10.6 Å². The maximum Gasteiger partial charge on any atom is 0.292 e. The second kappa shape index (κ2) is 5.40. The Morgan fingerprint density at radius 2 is 2.26 bits per heavy atom. The topological polar surface area (TPSA) is 110 Å². The fraction of sp³-hybridized carbons (Fsp3) is 0.100. The number of nitrogens with one attached hydrogen (secondary N) is 2. The number of amides is 1. The highest BCUT2D eigenvalue weighted by atomic mass is 32.1. The molecule has 0 aliphatic heterocycles. The third kappa shape index (κ3) is 2.83. The molecule has 9 heteroatoms. The zero-order valence-corrected chi connectivity index (χ0v) is 10.6. The van der Waals surface area contributed by atoms with Crippen LogP contribution in [0.5, 0.6) is 0 Å². The predicted molar refractivity (Wildman–Crippen MR) is 70.5 cm³/mol. The van der Waals surface area contributed by atoms with E-state index in [0.717, 1.165) is 0 Å². The average Bonchev–Trinajstić information content (AvgIpc) is 2.90. The van der Waals surface area contributed by atoms with Crippen molar-refractivity contribution in [2.75, 3.05) is 17.7 Å². The first kappa shape index (κ1) is 12.9. The summed E-state index contributed by atoms with van der Waals surface area (Å²) in [7, 11) is 1.55. The van der Waals surface area contributed by atoms with Crippen molar-refractivity contribution in [3.63, 3.8) is 0 Å². The van der Waals surface area contributed by atoms with Gasteiger partial charge in [-0.05, 0) is 12.1 Å². The first-order chi connectivity index (χ1) is 9.11. The molecule has 2 aromatic rings. The largest absolute Gasteiger partial charge is 0.383 e. The molecule has 0 unspecified atom stereocenters. The Morgan fingerprint density at radius 1 is 1.47 bits per heavy atom. The van der Waals surface area contributed by atoms with E-state index in [2.05, 4.69) is 20.8 Å². The first-order valence-electron chi connectivity index (χ1n) is 5.15. The summed E-state index contributed by atoms with van der Waals surface area (Å²) in [6.07, 6.45) is 0. The van der Waals surface area contributed by atoms with Crippen LogP contribution in [0.3, 0.4) is 0 Å². The van der Waals surface area contributed by atoms with E-state index in [0.29, 0.717) is 10.7 Å². The van der Waals surface area contributed by atoms with Crippen molar-refractivity contribution in [2.45, 2.75) is 0 Å². The van der Waals surface area contributed by atoms with E-state index in [9.17, 15) is 14.9 Å². The van der Waals surface area contributed by atoms with Crippen LogP contribution in [0, 0.1) is 10.1 Å². The Bertz CT molecular complexity index is 614. The molecule has 0 atom stereocenters. The number of carbonyl (C=O) groups is 1. The van der Waals surface area contributed by atoms with Crippen molar-refractivity contribution in [3.8, 4) is 0 Å². The fourth-order valence-corrected chi connectivity index (χ4v) is 1.87. The summed E-state index contributed by atoms with van der Waals surface area (Å²) >= 11 is 1.19. The normalized spacial score (nSPS) is 9.95. The van der Waals surface area contributed by atoms with Gasteiger partial charge in [-0.15, -0.1) is 10.2 Å². The highest BCUT2D eigenvalue weighted by Crippen LogP contribution is 2.25. The van der Waals surface area contributed by atoms with Crippen molar-refractivity contribution in [1.82, 2.24) is 10.2 Å². The van der Waals surface area contributed by atoms with Gasteiger partial charge in [0.2, 0.25) is 5.13 Å². The van der Waals surface area contributed by atoms with Gasteiger partial charge in [0.05, 0.1) is 4.92 Å². The average molecular weight is 279 g/mol. The van der Waals surface area contributed by atoms with Crippen LogP contribution in [0.15, 0.2) is 23.7 Å². The molecule has 1 heterocycles. The number of carbonyl (C=O) groups excluding carboxylic acids is 1. The number of hydrogen-bond acceptors (Lipinski definition) is 7. The number of anilines is 2. The SMILES string of the molecule is CNc1cc(C(=O)Nc2nncs2)ccc1[N+](=O)[O-]. The van der Waals surface area contributed by atoms with Gasteiger partial charge in [-0.2, -0.15) is 0 Å². The summed E-state index contributed by atoms with van der Waals surface area (Å²) in [5.74, 6) is -0.400. The van der Waals surface area contributed by atoms with Crippen molar-refractivity contribution >= 4 is 33.8 Å². The van der Waals surface area contributed by atoms with Crippen molar-refractivity contribution in [2.24, 2.45) is 0 Å². The lowest BCUT2D eigenvalue weighted by atomic mass is 10.1. The number of benzene rings is 1. The van der Waals surface area contributed by atoms with Crippen LogP contribution >= 0.6 is 11.3 Å². The standard InChI is InChI=1S/C10H9N5O3S/c1-11-7-4-6(2-3-8(7)15(17)18)9(16)13-10-14-12-5-19-10/h2-5,11H,1H3,(H,13,14,16). The van der Waals surface area contributed by atoms with Gasteiger partial charge in [0, 0.05) is 18.7 Å². The third-order valence-corrected chi connectivity index (χ3v) is 2.91. The summed E-state index contributed by atoms with van der Waals surface area (Å²) in [4.78, 5) is 22.1. The molecule has 0 radical (unpaired) electrons. The number of nitro groups is 1. The smallest absolute Gasteiger partial charge is 0.292 e. The molecule has 19 heavy (non-hydrogen) atoms. The number of hydrogen-bond donors (Lipinski definition) is 2. The maximum atomic E-state index is 11.9. The van der Waals surface area contributed by atoms with Crippen LogP contribution in [-0.2, 0) is 0 Å². The van der Waals surface area contributed by atoms with Gasteiger partial charge in [-0.1, -0.05) is 11.3 Å². The van der Waals surface area contributed by atoms with E-state index < -0.39 is 10.8 Å². The monoisotopic (exact) mass is 279 g/mol. The van der Waals surface area contributed by atoms with Gasteiger partial charge in [0.25, 0.3) is 11.6 Å². The molecule has 1 amide bonds. The van der Waals surface area contributed by atoms with Crippen LogP contribution in [0.25, 0.3) is 0 Å². The molecule has 2 N–H and O–H groups in total. The number of rotatable bonds is 4. The van der Waals surface area contributed by atoms with Crippen LogP contribution in [-0.4, -0.2) is 28.1 Å². The Hall–Kier alpha value is -2.55. The minimum Gasteiger partial charge on any atom is -0.383 e. The second-order valence-corrected chi connectivity index (χ2v) is 4.27. The zero-order chi connectivity index (χ0) is 13.8. The van der Waals surface area contributed by atoms with E-state index in [1.165, 1.54) is 35.0 Å². The van der Waals surface area contributed by atoms with Crippen LogP contribution in [0.1, 0.15) is 10.4 Å². The molecule has 1 aromatic heterocycles. The predicted octanol–water partition coefficient (Wildman–Crippen LogP) is 1.74. The molecule has 98 valence electrons. The molecule has 0 saturated carbocycles. The molecular weight excluding hydrogens is 270 g/mol. The molecule has 0 spiro atoms. The number of nitro benzene ring substituents is 1. The molecule has 2 rings (SSSR count). The van der Waals surface area contributed by atoms with Gasteiger partial charge >= 0.3 is 0 Å². The Labute approximate surface area is 111 Å². The third-order valence-electron chi connectivity index (χ3n) is 2.31. The highest BCUT2D eigenvalue weighted by Gasteiger charge is 2.16. The van der Waals surface area contributed by atoms with E-state index >= 15 is 0 Å². The minimum atomic E-state index is -0.516. The van der Waals surface area contributed by atoms with Gasteiger partial charge in [0.1, 0.15) is 11.2 Å². The van der Waals surface area contributed by atoms with E-state index in [-0.39, 0.29) is 11.4 Å². The second-order valence-electron chi connectivity index (χ2n) is 3.44. The molecular formula is C10H9N5O3S. The summed E-state index contributed by atoms with van der Waals surface area (Å²) in [5.41, 5.74) is 1.97. The maximum absolute atomic E-state index is 11.9. The Kier molecular flexibility index (Phi) is 3.66. The van der Waals surface area contributed by atoms with Gasteiger partial charge in [-0.25, -0.2) is 0 Å². The Balaban J connectivity index is 2.25. The molecule has 0 aliphatic rings. The van der Waals surface area contributed by atoms with E-state index in [1.807, 2.05) is 0 Å². The van der Waals surface area contributed by atoms with Crippen molar-refractivity contribution < 1.29 is 9.72 Å². The molecule has 0 aliphatic carbocycles. The van der Waals surface area contributed by atoms with Gasteiger partial charge in [0.15, 0.2) is 0 Å². The lowest BCUT2D eigenvalue weighted by Gasteiger charge is -2.05. The first-order valence-corrected chi connectivity index (χ1v) is 6.03. The van der Waals surface area contributed by atoms with Crippen molar-refractivity contribution in [3.05, 3.63) is 39.4 Å². The lowest BCUT2D eigenvalue weighted by Crippen LogP contribution is -2.12. The van der Waals surface area contributed by atoms with Gasteiger partial charge in [-0.3, -0.25) is 20.2 Å². The minimum absolute atomic E-state index is 0.0880. The van der Waals surface area contributed by atoms with Crippen LogP contribution in [0.4, 0.5) is 16.5 Å². The van der Waals surface area contributed by atoms with E-state index in [4.69, 9.17) is 0 Å². The summed E-state index contributed by atoms with van der Waals surface area (Å²) in [6, 6.07) is 4.07. The Morgan fingerprint density at radius 3 is 2.84 bits per heavy atom. The van der Waals surface area contributed by atoms with Gasteiger partial charge < -0.3 is 5.32 Å². The molecule has 0 fully saturated rings. The highest BCUT2D eigenvalue weighted by molar-refractivity contribution is 7.13. The molecule has 1 aromatic carbocycles. The summed E-state index contributed by atoms with van der Waals surface area (Å²) in [5, 5.41) is 23.6. The van der Waals surface area contributed by atoms with Crippen molar-refractivity contribution in [1.29, 1.82) is 0 Å². The number of nitrogens with zero attached hydrogens (tertiary/aromatic N) is 3. The molecule has 0 saturated heterocycles. The number of aromatic nitrogens is 2. The zero-order valence-electron chi connectivity index (χ0n) is 9.78.